The van der Waals surface area contributed by atoms with Crippen molar-refractivity contribution in [1.82, 2.24) is 15.5 Å². The van der Waals surface area contributed by atoms with E-state index in [-0.39, 0.29) is 24.4 Å². The number of piperidine rings is 1. The maximum absolute atomic E-state index is 12.1. The van der Waals surface area contributed by atoms with Crippen LogP contribution >= 0.6 is 0 Å². The van der Waals surface area contributed by atoms with Gasteiger partial charge in [0.2, 0.25) is 5.91 Å². The average Bonchev–Trinajstić information content (AvgIpc) is 2.51. The van der Waals surface area contributed by atoms with E-state index in [9.17, 15) is 19.5 Å². The molecule has 1 saturated heterocycles. The van der Waals surface area contributed by atoms with Crippen molar-refractivity contribution in [2.24, 2.45) is 11.3 Å². The number of hydrogen-bond donors (Lipinski definition) is 3. The molecule has 0 aromatic rings. The summed E-state index contributed by atoms with van der Waals surface area (Å²) in [6.07, 6.45) is 1.98. The van der Waals surface area contributed by atoms with Gasteiger partial charge in [-0.2, -0.15) is 0 Å². The Bertz CT molecular complexity index is 413. The molecular weight excluding hydrogens is 274 g/mol. The highest BCUT2D eigenvalue weighted by molar-refractivity contribution is 5.81. The van der Waals surface area contributed by atoms with Crippen LogP contribution in [0.3, 0.4) is 0 Å². The molecule has 1 aliphatic rings. The molecule has 7 heteroatoms. The molecule has 1 aliphatic heterocycles. The lowest BCUT2D eigenvalue weighted by atomic mass is 9.88. The number of carboxylic acid groups (broad SMARTS) is 1. The summed E-state index contributed by atoms with van der Waals surface area (Å²) < 4.78 is 0. The average molecular weight is 299 g/mol. The Morgan fingerprint density at radius 2 is 2.05 bits per heavy atom. The monoisotopic (exact) mass is 299 g/mol. The molecule has 3 N–H and O–H groups in total. The first-order chi connectivity index (χ1) is 9.84. The molecule has 0 aliphatic carbocycles. The summed E-state index contributed by atoms with van der Waals surface area (Å²) in [6.45, 7) is 4.44. The number of nitrogens with zero attached hydrogens (tertiary/aromatic N) is 1. The first-order valence-corrected chi connectivity index (χ1v) is 7.31. The summed E-state index contributed by atoms with van der Waals surface area (Å²) in [7, 11) is 1.58. The molecular formula is C14H25N3O4. The fourth-order valence-corrected chi connectivity index (χ4v) is 2.31. The molecule has 2 atom stereocenters. The first-order valence-electron chi connectivity index (χ1n) is 7.31. The van der Waals surface area contributed by atoms with E-state index in [1.807, 2.05) is 0 Å². The maximum atomic E-state index is 12.1. The van der Waals surface area contributed by atoms with E-state index < -0.39 is 11.4 Å². The molecule has 21 heavy (non-hydrogen) atoms. The van der Waals surface area contributed by atoms with Gasteiger partial charge in [0, 0.05) is 26.7 Å². The number of carbonyl (C=O) groups excluding carboxylic acids is 2. The molecule has 0 aromatic carbocycles. The fourth-order valence-electron chi connectivity index (χ4n) is 2.31. The molecule has 1 rings (SSSR count). The number of amides is 3. The number of rotatable bonds is 5. The summed E-state index contributed by atoms with van der Waals surface area (Å²) in [5.74, 6) is -1.17. The van der Waals surface area contributed by atoms with E-state index in [0.29, 0.717) is 19.5 Å². The van der Waals surface area contributed by atoms with Crippen LogP contribution in [0.15, 0.2) is 0 Å². The normalized spacial score (nSPS) is 21.3. The molecule has 2 unspecified atom stereocenters. The maximum Gasteiger partial charge on any atom is 0.317 e. The first kappa shape index (κ1) is 17.3. The summed E-state index contributed by atoms with van der Waals surface area (Å²) in [5.41, 5.74) is -0.967. The molecule has 0 spiro atoms. The Morgan fingerprint density at radius 1 is 1.38 bits per heavy atom. The highest BCUT2D eigenvalue weighted by atomic mass is 16.4. The van der Waals surface area contributed by atoms with Crippen LogP contribution in [0.2, 0.25) is 0 Å². The predicted octanol–water partition coefficient (Wildman–Crippen LogP) is 0.655. The van der Waals surface area contributed by atoms with Gasteiger partial charge in [0.15, 0.2) is 0 Å². The second-order valence-electron chi connectivity index (χ2n) is 5.78. The minimum absolute atomic E-state index is 0.0589. The Morgan fingerprint density at radius 3 is 2.57 bits per heavy atom. The summed E-state index contributed by atoms with van der Waals surface area (Å²) in [5, 5.41) is 14.5. The van der Waals surface area contributed by atoms with Gasteiger partial charge in [-0.1, -0.05) is 6.92 Å². The van der Waals surface area contributed by atoms with Crippen molar-refractivity contribution < 1.29 is 19.5 Å². The lowest BCUT2D eigenvalue weighted by Crippen LogP contribution is -2.51. The zero-order valence-corrected chi connectivity index (χ0v) is 12.9. The van der Waals surface area contributed by atoms with Crippen LogP contribution in [0.25, 0.3) is 0 Å². The quantitative estimate of drug-likeness (QED) is 0.694. The largest absolute Gasteiger partial charge is 0.481 e. The lowest BCUT2D eigenvalue weighted by Gasteiger charge is -2.33. The number of carbonyl (C=O) groups is 3. The van der Waals surface area contributed by atoms with Crippen LogP contribution in [-0.2, 0) is 9.59 Å². The molecule has 0 bridgehead atoms. The van der Waals surface area contributed by atoms with Crippen LogP contribution in [0, 0.1) is 11.3 Å². The van der Waals surface area contributed by atoms with Crippen molar-refractivity contribution in [3.05, 3.63) is 0 Å². The van der Waals surface area contributed by atoms with Crippen LogP contribution < -0.4 is 10.6 Å². The van der Waals surface area contributed by atoms with Crippen molar-refractivity contribution in [2.75, 3.05) is 26.7 Å². The zero-order chi connectivity index (χ0) is 16.0. The van der Waals surface area contributed by atoms with Crippen LogP contribution in [0.1, 0.15) is 33.1 Å². The van der Waals surface area contributed by atoms with Crippen molar-refractivity contribution >= 4 is 17.9 Å². The molecule has 0 radical (unpaired) electrons. The predicted molar refractivity (Wildman–Crippen MR) is 77.8 cm³/mol. The third-order valence-corrected chi connectivity index (χ3v) is 4.25. The van der Waals surface area contributed by atoms with Crippen molar-refractivity contribution in [3.8, 4) is 0 Å². The van der Waals surface area contributed by atoms with Gasteiger partial charge in [0.25, 0.3) is 0 Å². The van der Waals surface area contributed by atoms with Gasteiger partial charge in [-0.3, -0.25) is 9.59 Å². The minimum atomic E-state index is -0.967. The highest BCUT2D eigenvalue weighted by Crippen LogP contribution is 2.21. The van der Waals surface area contributed by atoms with E-state index in [0.717, 1.165) is 12.8 Å². The standard InChI is InChI=1S/C14H25N3O4/c1-4-14(2,12(19)20)9-16-13(21)17-7-5-6-10(8-17)11(18)15-3/h10H,4-9H2,1-3H3,(H,15,18)(H,16,21)(H,19,20). The third kappa shape index (κ3) is 4.34. The topological polar surface area (TPSA) is 98.7 Å². The summed E-state index contributed by atoms with van der Waals surface area (Å²) in [4.78, 5) is 36.6. The van der Waals surface area contributed by atoms with E-state index in [1.54, 1.807) is 25.8 Å². The van der Waals surface area contributed by atoms with Gasteiger partial charge in [-0.05, 0) is 26.2 Å². The Labute approximate surface area is 125 Å². The van der Waals surface area contributed by atoms with Gasteiger partial charge in [0.05, 0.1) is 11.3 Å². The van der Waals surface area contributed by atoms with Crippen molar-refractivity contribution in [2.45, 2.75) is 33.1 Å². The van der Waals surface area contributed by atoms with E-state index >= 15 is 0 Å². The number of aliphatic carboxylic acids is 1. The number of urea groups is 1. The Balaban J connectivity index is 2.55. The zero-order valence-electron chi connectivity index (χ0n) is 12.9. The van der Waals surface area contributed by atoms with Crippen molar-refractivity contribution in [1.29, 1.82) is 0 Å². The fraction of sp³-hybridized carbons (Fsp3) is 0.786. The van der Waals surface area contributed by atoms with Gasteiger partial charge < -0.3 is 20.6 Å². The van der Waals surface area contributed by atoms with Crippen LogP contribution in [-0.4, -0.2) is 54.6 Å². The minimum Gasteiger partial charge on any atom is -0.481 e. The van der Waals surface area contributed by atoms with Gasteiger partial charge >= 0.3 is 12.0 Å². The molecule has 1 heterocycles. The molecule has 0 aromatic heterocycles. The van der Waals surface area contributed by atoms with Crippen molar-refractivity contribution in [3.63, 3.8) is 0 Å². The van der Waals surface area contributed by atoms with E-state index in [2.05, 4.69) is 10.6 Å². The molecule has 1 fully saturated rings. The Kier molecular flexibility index (Phi) is 5.99. The number of carboxylic acids is 1. The SMILES string of the molecule is CCC(C)(CNC(=O)N1CCCC(C(=O)NC)C1)C(=O)O. The number of hydrogen-bond acceptors (Lipinski definition) is 3. The summed E-state index contributed by atoms with van der Waals surface area (Å²) >= 11 is 0. The molecule has 120 valence electrons. The molecule has 3 amide bonds. The molecule has 7 nitrogen and oxygen atoms in total. The second-order valence-corrected chi connectivity index (χ2v) is 5.78. The van der Waals surface area contributed by atoms with Gasteiger partial charge in [0.1, 0.15) is 0 Å². The second kappa shape index (κ2) is 7.28. The van der Waals surface area contributed by atoms with E-state index in [1.165, 1.54) is 0 Å². The molecule has 0 saturated carbocycles. The van der Waals surface area contributed by atoms with Gasteiger partial charge in [-0.15, -0.1) is 0 Å². The number of likely N-dealkylation sites (tertiary alicyclic amines) is 1. The van der Waals surface area contributed by atoms with E-state index in [4.69, 9.17) is 0 Å². The van der Waals surface area contributed by atoms with Crippen LogP contribution in [0.4, 0.5) is 4.79 Å². The summed E-state index contributed by atoms with van der Waals surface area (Å²) in [6, 6.07) is -0.301. The third-order valence-electron chi connectivity index (χ3n) is 4.25. The Hall–Kier alpha value is -1.79. The van der Waals surface area contributed by atoms with Gasteiger partial charge in [-0.25, -0.2) is 4.79 Å². The smallest absolute Gasteiger partial charge is 0.317 e. The number of nitrogens with one attached hydrogen (secondary N) is 2. The van der Waals surface area contributed by atoms with Crippen LogP contribution in [0.5, 0.6) is 0 Å². The lowest BCUT2D eigenvalue weighted by molar-refractivity contribution is -0.147. The highest BCUT2D eigenvalue weighted by Gasteiger charge is 2.33.